The van der Waals surface area contributed by atoms with E-state index in [4.69, 9.17) is 4.74 Å². The van der Waals surface area contributed by atoms with Crippen molar-refractivity contribution in [1.29, 1.82) is 0 Å². The van der Waals surface area contributed by atoms with Gasteiger partial charge in [-0.1, -0.05) is 38.1 Å². The molecule has 0 radical (unpaired) electrons. The van der Waals surface area contributed by atoms with Crippen LogP contribution in [0.1, 0.15) is 52.1 Å². The van der Waals surface area contributed by atoms with Crippen molar-refractivity contribution in [2.75, 3.05) is 6.61 Å². The first-order valence-electron chi connectivity index (χ1n) is 8.79. The van der Waals surface area contributed by atoms with Crippen molar-refractivity contribution in [1.82, 2.24) is 0 Å². The Morgan fingerprint density at radius 2 is 1.65 bits per heavy atom. The van der Waals surface area contributed by atoms with Gasteiger partial charge in [0, 0.05) is 22.3 Å². The molecule has 0 aromatic heterocycles. The molecule has 130 valence electrons. The van der Waals surface area contributed by atoms with Crippen LogP contribution in [-0.2, 0) is 5.41 Å². The maximum atomic E-state index is 13.0. The Morgan fingerprint density at radius 1 is 0.962 bits per heavy atom. The summed E-state index contributed by atoms with van der Waals surface area (Å²) in [5, 5.41) is 1.90. The quantitative estimate of drug-likeness (QED) is 0.499. The summed E-state index contributed by atoms with van der Waals surface area (Å²) in [6.45, 7) is 5.08. The number of benzene rings is 3. The molecule has 0 atom stereocenters. The minimum atomic E-state index is -0.00413. The van der Waals surface area contributed by atoms with Gasteiger partial charge in [0.2, 0.25) is 0 Å². The molecule has 1 heterocycles. The minimum Gasteiger partial charge on any atom is -0.493 e. The van der Waals surface area contributed by atoms with Crippen molar-refractivity contribution >= 4 is 22.8 Å². The normalized spacial score (nSPS) is 15.2. The molecule has 0 fully saturated rings. The highest BCUT2D eigenvalue weighted by atomic mass is 16.5. The number of carbonyl (C=O) groups is 2. The largest absolute Gasteiger partial charge is 0.493 e. The number of ketones is 1. The molecule has 3 aromatic carbocycles. The summed E-state index contributed by atoms with van der Waals surface area (Å²) in [5.41, 5.74) is 3.04. The molecule has 3 aromatic rings. The van der Waals surface area contributed by atoms with Crippen LogP contribution in [0.5, 0.6) is 5.75 Å². The average Bonchev–Trinajstić information content (AvgIpc) is 2.66. The van der Waals surface area contributed by atoms with Gasteiger partial charge in [0.25, 0.3) is 0 Å². The number of aldehydes is 1. The Morgan fingerprint density at radius 3 is 2.46 bits per heavy atom. The third kappa shape index (κ3) is 2.80. The Labute approximate surface area is 152 Å². The van der Waals surface area contributed by atoms with E-state index in [-0.39, 0.29) is 11.2 Å². The van der Waals surface area contributed by atoms with Crippen molar-refractivity contribution in [3.8, 4) is 5.75 Å². The zero-order valence-electron chi connectivity index (χ0n) is 14.9. The van der Waals surface area contributed by atoms with Gasteiger partial charge in [-0.2, -0.15) is 0 Å². The highest BCUT2D eigenvalue weighted by Crippen LogP contribution is 2.39. The van der Waals surface area contributed by atoms with Crippen LogP contribution in [0, 0.1) is 0 Å². The predicted octanol–water partition coefficient (Wildman–Crippen LogP) is 4.94. The number of carbonyl (C=O) groups excluding carboxylic acids is 2. The first-order valence-corrected chi connectivity index (χ1v) is 8.79. The third-order valence-electron chi connectivity index (χ3n) is 5.22. The van der Waals surface area contributed by atoms with E-state index in [1.807, 2.05) is 48.5 Å². The fourth-order valence-corrected chi connectivity index (χ4v) is 3.52. The first kappa shape index (κ1) is 16.5. The third-order valence-corrected chi connectivity index (χ3v) is 5.22. The maximum Gasteiger partial charge on any atom is 0.193 e. The van der Waals surface area contributed by atoms with Crippen molar-refractivity contribution in [3.63, 3.8) is 0 Å². The number of hydrogen-bond acceptors (Lipinski definition) is 3. The van der Waals surface area contributed by atoms with E-state index < -0.39 is 0 Å². The van der Waals surface area contributed by atoms with E-state index in [1.54, 1.807) is 6.07 Å². The molecule has 0 saturated carbocycles. The van der Waals surface area contributed by atoms with Crippen molar-refractivity contribution in [2.45, 2.75) is 25.7 Å². The van der Waals surface area contributed by atoms with Crippen molar-refractivity contribution < 1.29 is 14.3 Å². The monoisotopic (exact) mass is 344 g/mol. The summed E-state index contributed by atoms with van der Waals surface area (Å²) < 4.78 is 5.74. The van der Waals surface area contributed by atoms with Crippen LogP contribution in [0.3, 0.4) is 0 Å². The first-order chi connectivity index (χ1) is 12.5. The number of rotatable bonds is 3. The molecule has 0 spiro atoms. The van der Waals surface area contributed by atoms with Gasteiger partial charge in [0.1, 0.15) is 12.0 Å². The average molecular weight is 344 g/mol. The highest BCUT2D eigenvalue weighted by Gasteiger charge is 2.29. The highest BCUT2D eigenvalue weighted by molar-refractivity contribution is 6.11. The van der Waals surface area contributed by atoms with Crippen molar-refractivity contribution in [3.05, 3.63) is 76.9 Å². The molecule has 1 aliphatic rings. The predicted molar refractivity (Wildman–Crippen MR) is 102 cm³/mol. The molecule has 0 aliphatic carbocycles. The van der Waals surface area contributed by atoms with E-state index in [1.165, 1.54) is 0 Å². The van der Waals surface area contributed by atoms with Crippen LogP contribution in [0.4, 0.5) is 0 Å². The second kappa shape index (κ2) is 6.10. The minimum absolute atomic E-state index is 0.00150. The maximum absolute atomic E-state index is 13.0. The van der Waals surface area contributed by atoms with Gasteiger partial charge in [0.15, 0.2) is 5.78 Å². The molecule has 4 rings (SSSR count). The Bertz CT molecular complexity index is 1030. The summed E-state index contributed by atoms with van der Waals surface area (Å²) in [7, 11) is 0. The molecule has 3 nitrogen and oxygen atoms in total. The van der Waals surface area contributed by atoms with Crippen LogP contribution < -0.4 is 4.74 Å². The lowest BCUT2D eigenvalue weighted by Gasteiger charge is -2.32. The van der Waals surface area contributed by atoms with Crippen LogP contribution in [0.15, 0.2) is 54.6 Å². The lowest BCUT2D eigenvalue weighted by Crippen LogP contribution is -2.27. The van der Waals surface area contributed by atoms with E-state index in [0.717, 1.165) is 34.8 Å². The molecule has 26 heavy (non-hydrogen) atoms. The number of fused-ring (bicyclic) bond motifs is 2. The van der Waals surface area contributed by atoms with Crippen LogP contribution in [0.25, 0.3) is 10.8 Å². The van der Waals surface area contributed by atoms with E-state index >= 15 is 0 Å². The van der Waals surface area contributed by atoms with E-state index in [2.05, 4.69) is 13.8 Å². The second-order valence-electron chi connectivity index (χ2n) is 7.46. The van der Waals surface area contributed by atoms with Gasteiger partial charge in [0.05, 0.1) is 6.61 Å². The smallest absolute Gasteiger partial charge is 0.193 e. The van der Waals surface area contributed by atoms with Gasteiger partial charge < -0.3 is 4.74 Å². The SMILES string of the molecule is CC1(C)CCOc2ccc(C(=O)c3ccc4cc(C=O)ccc4c3)cc21. The molecule has 0 unspecified atom stereocenters. The van der Waals surface area contributed by atoms with Crippen LogP contribution in [-0.4, -0.2) is 18.7 Å². The van der Waals surface area contributed by atoms with Gasteiger partial charge in [-0.25, -0.2) is 0 Å². The molecule has 3 heteroatoms. The molecular formula is C23H20O3. The number of ether oxygens (including phenoxy) is 1. The standard InChI is InChI=1S/C23H20O3/c1-23(2)9-10-26-21-8-7-19(13-20(21)23)22(25)18-6-5-16-11-15(14-24)3-4-17(16)12-18/h3-8,11-14H,9-10H2,1-2H3. The van der Waals surface area contributed by atoms with Crippen LogP contribution >= 0.6 is 0 Å². The fourth-order valence-electron chi connectivity index (χ4n) is 3.52. The van der Waals surface area contributed by atoms with E-state index in [0.29, 0.717) is 23.3 Å². The van der Waals surface area contributed by atoms with Crippen molar-refractivity contribution in [2.24, 2.45) is 0 Å². The molecule has 0 N–H and O–H groups in total. The lowest BCUT2D eigenvalue weighted by molar-refractivity contribution is 0.103. The number of hydrogen-bond donors (Lipinski definition) is 0. The topological polar surface area (TPSA) is 43.4 Å². The molecule has 1 aliphatic heterocycles. The summed E-state index contributed by atoms with van der Waals surface area (Å²) in [4.78, 5) is 23.9. The Hall–Kier alpha value is -2.94. The molecule has 0 amide bonds. The molecule has 0 saturated heterocycles. The molecular weight excluding hydrogens is 324 g/mol. The van der Waals surface area contributed by atoms with Gasteiger partial charge in [-0.3, -0.25) is 9.59 Å². The summed E-state index contributed by atoms with van der Waals surface area (Å²) >= 11 is 0. The Balaban J connectivity index is 1.74. The zero-order valence-corrected chi connectivity index (χ0v) is 14.9. The Kier molecular flexibility index (Phi) is 3.87. The summed E-state index contributed by atoms with van der Waals surface area (Å²) in [6.07, 6.45) is 1.77. The zero-order chi connectivity index (χ0) is 18.3. The second-order valence-corrected chi connectivity index (χ2v) is 7.46. The molecule has 0 bridgehead atoms. The van der Waals surface area contributed by atoms with Gasteiger partial charge >= 0.3 is 0 Å². The summed E-state index contributed by atoms with van der Waals surface area (Å²) in [6, 6.07) is 16.8. The fraction of sp³-hybridized carbons (Fsp3) is 0.217. The van der Waals surface area contributed by atoms with Gasteiger partial charge in [-0.05, 0) is 52.9 Å². The van der Waals surface area contributed by atoms with E-state index in [9.17, 15) is 9.59 Å². The lowest BCUT2D eigenvalue weighted by atomic mass is 9.79. The van der Waals surface area contributed by atoms with Gasteiger partial charge in [-0.15, -0.1) is 0 Å². The van der Waals surface area contributed by atoms with Crippen LogP contribution in [0.2, 0.25) is 0 Å². The summed E-state index contributed by atoms with van der Waals surface area (Å²) in [5.74, 6) is 0.869.